The molecule has 1 unspecified atom stereocenters. The lowest BCUT2D eigenvalue weighted by molar-refractivity contribution is -0.136. The lowest BCUT2D eigenvalue weighted by atomic mass is 10.0. The van der Waals surface area contributed by atoms with Gasteiger partial charge < -0.3 is 10.8 Å². The van der Waals surface area contributed by atoms with Crippen molar-refractivity contribution in [1.29, 1.82) is 0 Å². The summed E-state index contributed by atoms with van der Waals surface area (Å²) >= 11 is 0. The third-order valence-electron chi connectivity index (χ3n) is 1.95. The van der Waals surface area contributed by atoms with Gasteiger partial charge in [-0.3, -0.25) is 4.79 Å². The molecule has 0 saturated carbocycles. The summed E-state index contributed by atoms with van der Waals surface area (Å²) in [5, 5.41) is 8.60. The normalized spacial score (nSPS) is 12.1. The number of carbonyl (C=O) groups is 1. The summed E-state index contributed by atoms with van der Waals surface area (Å²) in [6.45, 7) is 3.59. The van der Waals surface area contributed by atoms with E-state index in [1.54, 1.807) is 24.3 Å². The quantitative estimate of drug-likeness (QED) is 0.709. The molecule has 0 radical (unpaired) electrons. The largest absolute Gasteiger partial charge is 0.481 e. The van der Waals surface area contributed by atoms with Crippen molar-refractivity contribution >= 4 is 5.97 Å². The Morgan fingerprint density at radius 3 is 2.93 bits per heavy atom. The first-order valence-corrected chi connectivity index (χ1v) is 4.32. The highest BCUT2D eigenvalue weighted by atomic mass is 16.4. The molecule has 74 valence electrons. The Kier molecular flexibility index (Phi) is 3.42. The van der Waals surface area contributed by atoms with Crippen molar-refractivity contribution in [3.63, 3.8) is 0 Å². The highest BCUT2D eigenvalue weighted by Gasteiger charge is 2.04. The molecule has 0 amide bonds. The average molecular weight is 191 g/mol. The molecule has 3 nitrogen and oxygen atoms in total. The molecule has 14 heavy (non-hydrogen) atoms. The van der Waals surface area contributed by atoms with Crippen LogP contribution in [0.25, 0.3) is 0 Å². The number of benzene rings is 1. The summed E-state index contributed by atoms with van der Waals surface area (Å²) in [5.74, 6) is -0.839. The van der Waals surface area contributed by atoms with E-state index in [-0.39, 0.29) is 12.5 Å². The first kappa shape index (κ1) is 10.5. The molecule has 0 aliphatic rings. The fraction of sp³-hybridized carbons (Fsp3) is 0.182. The fourth-order valence-electron chi connectivity index (χ4n) is 1.22. The molecule has 0 fully saturated rings. The Morgan fingerprint density at radius 1 is 1.64 bits per heavy atom. The van der Waals surface area contributed by atoms with E-state index in [1.165, 1.54) is 0 Å². The van der Waals surface area contributed by atoms with Gasteiger partial charge in [0.15, 0.2) is 0 Å². The molecular weight excluding hydrogens is 178 g/mol. The Labute approximate surface area is 82.9 Å². The summed E-state index contributed by atoms with van der Waals surface area (Å²) in [6.07, 6.45) is 1.65. The molecule has 0 heterocycles. The monoisotopic (exact) mass is 191 g/mol. The van der Waals surface area contributed by atoms with Crippen LogP contribution in [0.4, 0.5) is 0 Å². The van der Waals surface area contributed by atoms with E-state index >= 15 is 0 Å². The van der Waals surface area contributed by atoms with E-state index in [0.717, 1.165) is 11.1 Å². The van der Waals surface area contributed by atoms with Crippen LogP contribution in [-0.4, -0.2) is 11.1 Å². The zero-order chi connectivity index (χ0) is 10.6. The van der Waals surface area contributed by atoms with Crippen LogP contribution in [0.3, 0.4) is 0 Å². The number of rotatable bonds is 4. The van der Waals surface area contributed by atoms with Gasteiger partial charge in [-0.1, -0.05) is 30.3 Å². The fourth-order valence-corrected chi connectivity index (χ4v) is 1.22. The average Bonchev–Trinajstić information content (AvgIpc) is 2.16. The summed E-state index contributed by atoms with van der Waals surface area (Å²) in [6, 6.07) is 6.99. The molecule has 1 rings (SSSR count). The summed E-state index contributed by atoms with van der Waals surface area (Å²) < 4.78 is 0. The van der Waals surface area contributed by atoms with Crippen LogP contribution >= 0.6 is 0 Å². The summed E-state index contributed by atoms with van der Waals surface area (Å²) in [5.41, 5.74) is 7.37. The molecule has 0 spiro atoms. The zero-order valence-electron chi connectivity index (χ0n) is 7.81. The molecule has 0 aliphatic heterocycles. The number of hydrogen-bond acceptors (Lipinski definition) is 2. The number of hydrogen-bond donors (Lipinski definition) is 2. The number of carboxylic acids is 1. The van der Waals surface area contributed by atoms with Gasteiger partial charge in [0.25, 0.3) is 0 Å². The van der Waals surface area contributed by atoms with Crippen molar-refractivity contribution in [2.45, 2.75) is 12.5 Å². The molecule has 1 aromatic rings. The maximum atomic E-state index is 10.5. The smallest absolute Gasteiger partial charge is 0.307 e. The molecule has 1 atom stereocenters. The van der Waals surface area contributed by atoms with Crippen molar-refractivity contribution in [2.75, 3.05) is 0 Å². The van der Waals surface area contributed by atoms with Crippen LogP contribution in [0.2, 0.25) is 0 Å². The highest BCUT2D eigenvalue weighted by Crippen LogP contribution is 2.13. The van der Waals surface area contributed by atoms with Gasteiger partial charge in [-0.2, -0.15) is 0 Å². The first-order chi connectivity index (χ1) is 6.63. The molecule has 1 aromatic carbocycles. The van der Waals surface area contributed by atoms with Gasteiger partial charge in [0.05, 0.1) is 6.42 Å². The van der Waals surface area contributed by atoms with Gasteiger partial charge in [-0.25, -0.2) is 0 Å². The van der Waals surface area contributed by atoms with E-state index in [4.69, 9.17) is 10.8 Å². The molecule has 0 aliphatic carbocycles. The SMILES string of the molecule is C=CC(N)c1cccc(CC(=O)O)c1. The molecule has 0 saturated heterocycles. The molecular formula is C11H13NO2. The van der Waals surface area contributed by atoms with Crippen LogP contribution in [-0.2, 0) is 11.2 Å². The number of carboxylic acid groups (broad SMARTS) is 1. The third-order valence-corrected chi connectivity index (χ3v) is 1.95. The maximum absolute atomic E-state index is 10.5. The van der Waals surface area contributed by atoms with Crippen molar-refractivity contribution < 1.29 is 9.90 Å². The van der Waals surface area contributed by atoms with Crippen LogP contribution in [0.1, 0.15) is 17.2 Å². The standard InChI is InChI=1S/C11H13NO2/c1-2-10(12)9-5-3-4-8(6-9)7-11(13)14/h2-6,10H,1,7,12H2,(H,13,14). The summed E-state index contributed by atoms with van der Waals surface area (Å²) in [4.78, 5) is 10.5. The summed E-state index contributed by atoms with van der Waals surface area (Å²) in [7, 11) is 0. The van der Waals surface area contributed by atoms with Crippen LogP contribution in [0.15, 0.2) is 36.9 Å². The van der Waals surface area contributed by atoms with Crippen molar-refractivity contribution in [3.8, 4) is 0 Å². The lowest BCUT2D eigenvalue weighted by Crippen LogP contribution is -2.07. The minimum Gasteiger partial charge on any atom is -0.481 e. The molecule has 0 aromatic heterocycles. The Morgan fingerprint density at radius 2 is 2.36 bits per heavy atom. The Balaban J connectivity index is 2.88. The van der Waals surface area contributed by atoms with Crippen LogP contribution < -0.4 is 5.73 Å². The van der Waals surface area contributed by atoms with Gasteiger partial charge >= 0.3 is 5.97 Å². The number of aliphatic carboxylic acids is 1. The van der Waals surface area contributed by atoms with E-state index in [1.807, 2.05) is 6.07 Å². The van der Waals surface area contributed by atoms with Crippen LogP contribution in [0, 0.1) is 0 Å². The van der Waals surface area contributed by atoms with E-state index < -0.39 is 5.97 Å². The zero-order valence-corrected chi connectivity index (χ0v) is 7.81. The predicted molar refractivity (Wildman–Crippen MR) is 54.9 cm³/mol. The third kappa shape index (κ3) is 2.71. The first-order valence-electron chi connectivity index (χ1n) is 4.32. The second-order valence-corrected chi connectivity index (χ2v) is 3.08. The molecule has 3 heteroatoms. The minimum atomic E-state index is -0.839. The second-order valence-electron chi connectivity index (χ2n) is 3.08. The lowest BCUT2D eigenvalue weighted by Gasteiger charge is -2.07. The topological polar surface area (TPSA) is 63.3 Å². The van der Waals surface area contributed by atoms with Gasteiger partial charge in [0.1, 0.15) is 0 Å². The highest BCUT2D eigenvalue weighted by molar-refractivity contribution is 5.70. The van der Waals surface area contributed by atoms with E-state index in [9.17, 15) is 4.79 Å². The van der Waals surface area contributed by atoms with Crippen molar-refractivity contribution in [2.24, 2.45) is 5.73 Å². The molecule has 3 N–H and O–H groups in total. The predicted octanol–water partition coefficient (Wildman–Crippen LogP) is 1.50. The molecule has 0 bridgehead atoms. The van der Waals surface area contributed by atoms with E-state index in [2.05, 4.69) is 6.58 Å². The van der Waals surface area contributed by atoms with Crippen molar-refractivity contribution in [3.05, 3.63) is 48.0 Å². The van der Waals surface area contributed by atoms with Gasteiger partial charge in [0, 0.05) is 6.04 Å². The number of nitrogens with two attached hydrogens (primary N) is 1. The Bertz CT molecular complexity index is 347. The van der Waals surface area contributed by atoms with Crippen molar-refractivity contribution in [1.82, 2.24) is 0 Å². The second kappa shape index (κ2) is 4.58. The van der Waals surface area contributed by atoms with Crippen LogP contribution in [0.5, 0.6) is 0 Å². The van der Waals surface area contributed by atoms with Gasteiger partial charge in [0.2, 0.25) is 0 Å². The Hall–Kier alpha value is -1.61. The van der Waals surface area contributed by atoms with Gasteiger partial charge in [-0.15, -0.1) is 6.58 Å². The van der Waals surface area contributed by atoms with E-state index in [0.29, 0.717) is 0 Å². The van der Waals surface area contributed by atoms with Gasteiger partial charge in [-0.05, 0) is 11.1 Å². The maximum Gasteiger partial charge on any atom is 0.307 e. The minimum absolute atomic E-state index is 0.0255.